The van der Waals surface area contributed by atoms with Crippen LogP contribution in [0.5, 0.6) is 0 Å². The number of likely N-dealkylation sites (tertiary alicyclic amines) is 1. The first-order valence-corrected chi connectivity index (χ1v) is 11.8. The first-order chi connectivity index (χ1) is 13.8. The summed E-state index contributed by atoms with van der Waals surface area (Å²) in [4.78, 5) is 26.9. The number of carbonyl (C=O) groups excluding carboxylic acids is 2. The van der Waals surface area contributed by atoms with Crippen molar-refractivity contribution in [3.63, 3.8) is 0 Å². The van der Waals surface area contributed by atoms with Crippen LogP contribution in [0.15, 0.2) is 29.2 Å². The van der Waals surface area contributed by atoms with Gasteiger partial charge in [-0.3, -0.25) is 4.79 Å². The highest BCUT2D eigenvalue weighted by molar-refractivity contribution is 7.89. The van der Waals surface area contributed by atoms with Crippen LogP contribution in [0.1, 0.15) is 62.7 Å². The highest BCUT2D eigenvalue weighted by atomic mass is 32.2. The number of carbonyl (C=O) groups is 2. The average Bonchev–Trinajstić information content (AvgIpc) is 2.72. The van der Waals surface area contributed by atoms with Crippen molar-refractivity contribution in [3.8, 4) is 0 Å². The summed E-state index contributed by atoms with van der Waals surface area (Å²) in [5.41, 5.74) is 0.135. The largest absolute Gasteiger partial charge is 0.452 e. The summed E-state index contributed by atoms with van der Waals surface area (Å²) in [7, 11) is -3.63. The zero-order valence-corrected chi connectivity index (χ0v) is 18.0. The summed E-state index contributed by atoms with van der Waals surface area (Å²) in [6.45, 7) is 4.67. The van der Waals surface area contributed by atoms with Crippen LogP contribution in [-0.4, -0.2) is 61.3 Å². The Balaban J connectivity index is 1.65. The number of sulfonamides is 1. The molecule has 0 spiro atoms. The van der Waals surface area contributed by atoms with Crippen LogP contribution in [0, 0.1) is 0 Å². The minimum Gasteiger partial charge on any atom is -0.452 e. The lowest BCUT2D eigenvalue weighted by molar-refractivity contribution is -0.140. The molecule has 0 saturated carbocycles. The van der Waals surface area contributed by atoms with E-state index < -0.39 is 16.0 Å². The molecule has 0 unspecified atom stereocenters. The standard InChI is InChI=1S/C21H30N2O5S/c1-16-8-6-9-17(2)23(16)20(24)15-28-21(25)18-10-7-11-19(14-18)29(26,27)22-12-4-3-5-13-22/h7,10-11,14,16-17H,3-6,8-9,12-13,15H2,1-2H3/t16-,17-/m1/s1. The number of nitrogens with zero attached hydrogens (tertiary/aromatic N) is 2. The number of piperidine rings is 2. The van der Waals surface area contributed by atoms with E-state index in [2.05, 4.69) is 0 Å². The SMILES string of the molecule is C[C@@H]1CCC[C@@H](C)N1C(=O)COC(=O)c1cccc(S(=O)(=O)N2CCCCC2)c1. The van der Waals surface area contributed by atoms with Crippen LogP contribution < -0.4 is 0 Å². The molecule has 3 rings (SSSR count). The fourth-order valence-electron chi connectivity index (χ4n) is 4.24. The molecule has 0 radical (unpaired) electrons. The van der Waals surface area contributed by atoms with Crippen LogP contribution >= 0.6 is 0 Å². The maximum atomic E-state index is 12.8. The van der Waals surface area contributed by atoms with E-state index in [0.29, 0.717) is 13.1 Å². The lowest BCUT2D eigenvalue weighted by Crippen LogP contribution is -2.49. The smallest absolute Gasteiger partial charge is 0.338 e. The molecule has 2 saturated heterocycles. The van der Waals surface area contributed by atoms with Crippen LogP contribution in [-0.2, 0) is 19.6 Å². The molecule has 2 heterocycles. The Morgan fingerprint density at radius 1 is 1.03 bits per heavy atom. The molecule has 2 aliphatic rings. The fraction of sp³-hybridized carbons (Fsp3) is 0.619. The second-order valence-corrected chi connectivity index (χ2v) is 9.94. The molecule has 0 aromatic heterocycles. The fourth-order valence-corrected chi connectivity index (χ4v) is 5.80. The van der Waals surface area contributed by atoms with Crippen LogP contribution in [0.25, 0.3) is 0 Å². The van der Waals surface area contributed by atoms with Gasteiger partial charge in [0.15, 0.2) is 6.61 Å². The maximum Gasteiger partial charge on any atom is 0.338 e. The third kappa shape index (κ3) is 4.98. The van der Waals surface area contributed by atoms with Crippen LogP contribution in [0.3, 0.4) is 0 Å². The van der Waals surface area contributed by atoms with E-state index in [4.69, 9.17) is 4.74 Å². The Hall–Kier alpha value is -1.93. The van der Waals surface area contributed by atoms with E-state index in [-0.39, 0.29) is 35.1 Å². The Morgan fingerprint density at radius 2 is 1.69 bits per heavy atom. The first kappa shape index (κ1) is 21.8. The van der Waals surface area contributed by atoms with Crippen molar-refractivity contribution in [1.82, 2.24) is 9.21 Å². The molecule has 1 aromatic rings. The minimum atomic E-state index is -3.63. The monoisotopic (exact) mass is 422 g/mol. The lowest BCUT2D eigenvalue weighted by atomic mass is 9.97. The number of hydrogen-bond donors (Lipinski definition) is 0. The number of ether oxygens (including phenoxy) is 1. The molecule has 8 heteroatoms. The number of esters is 1. The van der Waals surface area contributed by atoms with Gasteiger partial charge in [0.1, 0.15) is 0 Å². The maximum absolute atomic E-state index is 12.8. The predicted molar refractivity (Wildman–Crippen MR) is 109 cm³/mol. The van der Waals surface area contributed by atoms with E-state index >= 15 is 0 Å². The van der Waals surface area contributed by atoms with Gasteiger partial charge in [-0.15, -0.1) is 0 Å². The topological polar surface area (TPSA) is 84.0 Å². The highest BCUT2D eigenvalue weighted by Gasteiger charge is 2.30. The summed E-state index contributed by atoms with van der Waals surface area (Å²) >= 11 is 0. The summed E-state index contributed by atoms with van der Waals surface area (Å²) < 4.78 is 32.3. The number of amides is 1. The molecule has 1 amide bonds. The average molecular weight is 423 g/mol. The number of benzene rings is 1. The molecule has 160 valence electrons. The zero-order valence-electron chi connectivity index (χ0n) is 17.2. The van der Waals surface area contributed by atoms with Gasteiger partial charge in [-0.1, -0.05) is 12.5 Å². The molecule has 1 aromatic carbocycles. The van der Waals surface area contributed by atoms with E-state index in [1.54, 1.807) is 4.90 Å². The molecular formula is C21H30N2O5S. The van der Waals surface area contributed by atoms with Crippen molar-refractivity contribution in [1.29, 1.82) is 0 Å². The molecule has 2 fully saturated rings. The summed E-state index contributed by atoms with van der Waals surface area (Å²) in [5, 5.41) is 0. The van der Waals surface area contributed by atoms with Crippen molar-refractivity contribution in [2.45, 2.75) is 69.4 Å². The third-order valence-corrected chi connectivity index (χ3v) is 7.73. The quantitative estimate of drug-likeness (QED) is 0.682. The van der Waals surface area contributed by atoms with Gasteiger partial charge in [0.05, 0.1) is 10.5 Å². The summed E-state index contributed by atoms with van der Waals surface area (Å²) in [5.74, 6) is -0.901. The Bertz CT molecular complexity index is 838. The Labute approximate surface area is 173 Å². The van der Waals surface area contributed by atoms with Gasteiger partial charge in [0.2, 0.25) is 10.0 Å². The van der Waals surface area contributed by atoms with Gasteiger partial charge in [-0.25, -0.2) is 13.2 Å². The zero-order chi connectivity index (χ0) is 21.0. The van der Waals surface area contributed by atoms with Gasteiger partial charge >= 0.3 is 5.97 Å². The second kappa shape index (κ2) is 9.26. The van der Waals surface area contributed by atoms with Crippen molar-refractivity contribution in [3.05, 3.63) is 29.8 Å². The molecular weight excluding hydrogens is 392 g/mol. The van der Waals surface area contributed by atoms with E-state index in [1.807, 2.05) is 13.8 Å². The van der Waals surface area contributed by atoms with Crippen molar-refractivity contribution >= 4 is 21.9 Å². The summed E-state index contributed by atoms with van der Waals surface area (Å²) in [6, 6.07) is 6.12. The van der Waals surface area contributed by atoms with Gasteiger partial charge in [-0.2, -0.15) is 4.31 Å². The molecule has 2 aliphatic heterocycles. The molecule has 2 atom stereocenters. The summed E-state index contributed by atoms with van der Waals surface area (Å²) in [6.07, 6.45) is 5.69. The molecule has 29 heavy (non-hydrogen) atoms. The van der Waals surface area contributed by atoms with Crippen LogP contribution in [0.4, 0.5) is 0 Å². The van der Waals surface area contributed by atoms with Gasteiger partial charge in [-0.05, 0) is 64.2 Å². The molecule has 0 bridgehead atoms. The van der Waals surface area contributed by atoms with Crippen molar-refractivity contribution < 1.29 is 22.7 Å². The van der Waals surface area contributed by atoms with E-state index in [1.165, 1.54) is 28.6 Å². The first-order valence-electron chi connectivity index (χ1n) is 10.4. The second-order valence-electron chi connectivity index (χ2n) is 8.00. The van der Waals surface area contributed by atoms with Crippen molar-refractivity contribution in [2.75, 3.05) is 19.7 Å². The van der Waals surface area contributed by atoms with Gasteiger partial charge < -0.3 is 9.64 Å². The predicted octanol–water partition coefficient (Wildman–Crippen LogP) is 2.81. The molecule has 0 aliphatic carbocycles. The highest BCUT2D eigenvalue weighted by Crippen LogP contribution is 2.23. The minimum absolute atomic E-state index is 0.0819. The Morgan fingerprint density at radius 3 is 2.34 bits per heavy atom. The third-order valence-electron chi connectivity index (χ3n) is 5.83. The van der Waals surface area contributed by atoms with E-state index in [0.717, 1.165) is 38.5 Å². The number of rotatable bonds is 5. The normalized spacial score (nSPS) is 23.6. The Kier molecular flexibility index (Phi) is 6.95. The molecule has 7 nitrogen and oxygen atoms in total. The lowest BCUT2D eigenvalue weighted by Gasteiger charge is -2.38. The van der Waals surface area contributed by atoms with Gasteiger partial charge in [0, 0.05) is 25.2 Å². The van der Waals surface area contributed by atoms with Gasteiger partial charge in [0.25, 0.3) is 5.91 Å². The van der Waals surface area contributed by atoms with E-state index in [9.17, 15) is 18.0 Å². The van der Waals surface area contributed by atoms with Crippen LogP contribution in [0.2, 0.25) is 0 Å². The number of hydrogen-bond acceptors (Lipinski definition) is 5. The van der Waals surface area contributed by atoms with Crippen molar-refractivity contribution in [2.24, 2.45) is 0 Å². The molecule has 0 N–H and O–H groups in total.